The van der Waals surface area contributed by atoms with Crippen molar-refractivity contribution < 1.29 is 4.74 Å². The average molecular weight is 293 g/mol. The minimum Gasteiger partial charge on any atom is -0.489 e. The van der Waals surface area contributed by atoms with Gasteiger partial charge in [-0.05, 0) is 38.1 Å². The standard InChI is InChI=1S/C18H19N3O/c1-14(2)22-18-11-7-6-10-17(18)20-15-12-19-21(13-15)16-8-4-3-5-9-16/h3-14,20H,1-2H3. The van der Waals surface area contributed by atoms with Crippen LogP contribution in [0, 0.1) is 0 Å². The Morgan fingerprint density at radius 1 is 1.00 bits per heavy atom. The molecule has 112 valence electrons. The lowest BCUT2D eigenvalue weighted by molar-refractivity contribution is 0.244. The predicted molar refractivity (Wildman–Crippen MR) is 89.1 cm³/mol. The SMILES string of the molecule is CC(C)Oc1ccccc1Nc1cnn(-c2ccccc2)c1. The topological polar surface area (TPSA) is 39.1 Å². The van der Waals surface area contributed by atoms with E-state index in [0.29, 0.717) is 0 Å². The van der Waals surface area contributed by atoms with Crippen molar-refractivity contribution in [2.24, 2.45) is 0 Å². The molecule has 1 N–H and O–H groups in total. The molecule has 22 heavy (non-hydrogen) atoms. The van der Waals surface area contributed by atoms with Crippen LogP contribution in [0.4, 0.5) is 11.4 Å². The summed E-state index contributed by atoms with van der Waals surface area (Å²) in [5, 5.41) is 7.75. The third-order valence-corrected chi connectivity index (χ3v) is 3.13. The number of nitrogens with one attached hydrogen (secondary N) is 1. The van der Waals surface area contributed by atoms with E-state index < -0.39 is 0 Å². The van der Waals surface area contributed by atoms with E-state index in [1.807, 2.05) is 79.3 Å². The molecule has 0 aliphatic heterocycles. The van der Waals surface area contributed by atoms with E-state index in [9.17, 15) is 0 Å². The van der Waals surface area contributed by atoms with Crippen molar-refractivity contribution in [2.75, 3.05) is 5.32 Å². The maximum Gasteiger partial charge on any atom is 0.143 e. The van der Waals surface area contributed by atoms with Crippen LogP contribution in [0.15, 0.2) is 67.0 Å². The van der Waals surface area contributed by atoms with Gasteiger partial charge in [-0.2, -0.15) is 5.10 Å². The fraction of sp³-hybridized carbons (Fsp3) is 0.167. The van der Waals surface area contributed by atoms with Crippen molar-refractivity contribution in [1.29, 1.82) is 0 Å². The number of para-hydroxylation sites is 3. The summed E-state index contributed by atoms with van der Waals surface area (Å²) in [6.07, 6.45) is 3.90. The molecule has 0 fully saturated rings. The number of aromatic nitrogens is 2. The number of ether oxygens (including phenoxy) is 1. The van der Waals surface area contributed by atoms with Crippen LogP contribution in [0.5, 0.6) is 5.75 Å². The third-order valence-electron chi connectivity index (χ3n) is 3.13. The van der Waals surface area contributed by atoms with E-state index in [4.69, 9.17) is 4.74 Å². The van der Waals surface area contributed by atoms with Crippen LogP contribution < -0.4 is 10.1 Å². The Kier molecular flexibility index (Phi) is 4.10. The zero-order valence-corrected chi connectivity index (χ0v) is 12.7. The number of anilines is 2. The molecule has 0 amide bonds. The summed E-state index contributed by atoms with van der Waals surface area (Å²) in [6, 6.07) is 17.9. The maximum atomic E-state index is 5.82. The van der Waals surface area contributed by atoms with Crippen molar-refractivity contribution in [3.05, 3.63) is 67.0 Å². The molecule has 0 aliphatic carbocycles. The van der Waals surface area contributed by atoms with Crippen molar-refractivity contribution in [3.63, 3.8) is 0 Å². The largest absolute Gasteiger partial charge is 0.489 e. The van der Waals surface area contributed by atoms with Crippen molar-refractivity contribution in [3.8, 4) is 11.4 Å². The highest BCUT2D eigenvalue weighted by molar-refractivity contribution is 5.65. The van der Waals surface area contributed by atoms with Gasteiger partial charge in [-0.15, -0.1) is 0 Å². The first kappa shape index (κ1) is 14.2. The highest BCUT2D eigenvalue weighted by Crippen LogP contribution is 2.28. The number of benzene rings is 2. The summed E-state index contributed by atoms with van der Waals surface area (Å²) < 4.78 is 7.66. The Bertz CT molecular complexity index is 735. The van der Waals surface area contributed by atoms with Gasteiger partial charge < -0.3 is 10.1 Å². The molecule has 3 rings (SSSR count). The zero-order valence-electron chi connectivity index (χ0n) is 12.7. The molecule has 2 aromatic carbocycles. The predicted octanol–water partition coefficient (Wildman–Crippen LogP) is 4.40. The molecule has 0 radical (unpaired) electrons. The summed E-state index contributed by atoms with van der Waals surface area (Å²) in [5.74, 6) is 0.838. The lowest BCUT2D eigenvalue weighted by atomic mass is 10.3. The minimum absolute atomic E-state index is 0.134. The fourth-order valence-corrected chi connectivity index (χ4v) is 2.19. The smallest absolute Gasteiger partial charge is 0.143 e. The molecule has 0 atom stereocenters. The molecule has 0 unspecified atom stereocenters. The van der Waals surface area contributed by atoms with Gasteiger partial charge >= 0.3 is 0 Å². The number of nitrogens with zero attached hydrogens (tertiary/aromatic N) is 2. The van der Waals surface area contributed by atoms with Crippen LogP contribution in [0.1, 0.15) is 13.8 Å². The van der Waals surface area contributed by atoms with Crippen LogP contribution in [-0.2, 0) is 0 Å². The summed E-state index contributed by atoms with van der Waals surface area (Å²) in [7, 11) is 0. The first-order valence-corrected chi connectivity index (χ1v) is 7.35. The summed E-state index contributed by atoms with van der Waals surface area (Å²) >= 11 is 0. The molecule has 0 bridgehead atoms. The molecule has 1 heterocycles. The Labute approximate surface area is 130 Å². The van der Waals surface area contributed by atoms with E-state index in [2.05, 4.69) is 10.4 Å². The van der Waals surface area contributed by atoms with Crippen LogP contribution in [-0.4, -0.2) is 15.9 Å². The summed E-state index contributed by atoms with van der Waals surface area (Å²) in [6.45, 7) is 4.04. The van der Waals surface area contributed by atoms with E-state index in [1.165, 1.54) is 0 Å². The van der Waals surface area contributed by atoms with Crippen LogP contribution in [0.3, 0.4) is 0 Å². The van der Waals surface area contributed by atoms with Gasteiger partial charge in [-0.1, -0.05) is 30.3 Å². The molecule has 0 saturated carbocycles. The van der Waals surface area contributed by atoms with Crippen molar-refractivity contribution in [2.45, 2.75) is 20.0 Å². The average Bonchev–Trinajstić information content (AvgIpc) is 2.98. The minimum atomic E-state index is 0.134. The van der Waals surface area contributed by atoms with Gasteiger partial charge in [0.2, 0.25) is 0 Å². The Morgan fingerprint density at radius 2 is 1.73 bits per heavy atom. The van der Waals surface area contributed by atoms with E-state index in [-0.39, 0.29) is 6.10 Å². The molecule has 0 aliphatic rings. The molecule has 1 aromatic heterocycles. The maximum absolute atomic E-state index is 5.82. The van der Waals surface area contributed by atoms with Gasteiger partial charge in [-0.3, -0.25) is 0 Å². The highest BCUT2D eigenvalue weighted by atomic mass is 16.5. The Morgan fingerprint density at radius 3 is 2.50 bits per heavy atom. The van der Waals surface area contributed by atoms with Crippen LogP contribution in [0.25, 0.3) is 5.69 Å². The van der Waals surface area contributed by atoms with E-state index in [1.54, 1.807) is 6.20 Å². The van der Waals surface area contributed by atoms with Gasteiger partial charge in [0, 0.05) is 0 Å². The first-order chi connectivity index (χ1) is 10.7. The van der Waals surface area contributed by atoms with E-state index >= 15 is 0 Å². The lowest BCUT2D eigenvalue weighted by Gasteiger charge is -2.14. The second-order valence-corrected chi connectivity index (χ2v) is 5.30. The Balaban J connectivity index is 1.81. The Hall–Kier alpha value is -2.75. The zero-order chi connectivity index (χ0) is 15.4. The summed E-state index contributed by atoms with van der Waals surface area (Å²) in [4.78, 5) is 0. The van der Waals surface area contributed by atoms with E-state index in [0.717, 1.165) is 22.8 Å². The second kappa shape index (κ2) is 6.35. The van der Waals surface area contributed by atoms with Crippen LogP contribution >= 0.6 is 0 Å². The second-order valence-electron chi connectivity index (χ2n) is 5.30. The van der Waals surface area contributed by atoms with Gasteiger partial charge in [0.1, 0.15) is 5.75 Å². The van der Waals surface area contributed by atoms with Gasteiger partial charge in [0.15, 0.2) is 0 Å². The molecule has 0 saturated heterocycles. The summed E-state index contributed by atoms with van der Waals surface area (Å²) in [5.41, 5.74) is 2.88. The monoisotopic (exact) mass is 293 g/mol. The normalized spacial score (nSPS) is 10.7. The molecular formula is C18H19N3O. The first-order valence-electron chi connectivity index (χ1n) is 7.35. The molecule has 4 nitrogen and oxygen atoms in total. The third kappa shape index (κ3) is 3.28. The quantitative estimate of drug-likeness (QED) is 0.757. The molecule has 0 spiro atoms. The van der Waals surface area contributed by atoms with Crippen molar-refractivity contribution in [1.82, 2.24) is 9.78 Å². The number of hydrogen-bond donors (Lipinski definition) is 1. The fourth-order valence-electron chi connectivity index (χ4n) is 2.19. The number of hydrogen-bond acceptors (Lipinski definition) is 3. The highest BCUT2D eigenvalue weighted by Gasteiger charge is 2.07. The molecular weight excluding hydrogens is 274 g/mol. The lowest BCUT2D eigenvalue weighted by Crippen LogP contribution is -2.07. The molecule has 4 heteroatoms. The molecule has 3 aromatic rings. The van der Waals surface area contributed by atoms with Crippen LogP contribution in [0.2, 0.25) is 0 Å². The van der Waals surface area contributed by atoms with Gasteiger partial charge in [0.25, 0.3) is 0 Å². The van der Waals surface area contributed by atoms with Gasteiger partial charge in [-0.25, -0.2) is 4.68 Å². The van der Waals surface area contributed by atoms with Gasteiger partial charge in [0.05, 0.1) is 35.6 Å². The number of rotatable bonds is 5. The van der Waals surface area contributed by atoms with Crippen molar-refractivity contribution >= 4 is 11.4 Å².